The Balaban J connectivity index is 0.974. The third kappa shape index (κ3) is 6.07. The Morgan fingerprint density at radius 1 is 0.310 bits per heavy atom. The number of rotatable bonds is 7. The van der Waals surface area contributed by atoms with Gasteiger partial charge in [0.2, 0.25) is 5.89 Å². The van der Waals surface area contributed by atoms with Crippen molar-refractivity contribution in [2.45, 2.75) is 0 Å². The van der Waals surface area contributed by atoms with Crippen molar-refractivity contribution in [1.29, 1.82) is 0 Å². The van der Waals surface area contributed by atoms with Crippen LogP contribution in [-0.4, -0.2) is 4.98 Å². The van der Waals surface area contributed by atoms with E-state index in [-0.39, 0.29) is 0 Å². The summed E-state index contributed by atoms with van der Waals surface area (Å²) >= 11 is 0. The molecule has 0 bridgehead atoms. The smallest absolute Gasteiger partial charge is 0.227 e. The van der Waals surface area contributed by atoms with Crippen LogP contribution in [0.3, 0.4) is 0 Å². The molecular weight excluding hydrogens is 705 g/mol. The van der Waals surface area contributed by atoms with E-state index in [1.807, 2.05) is 30.3 Å². The van der Waals surface area contributed by atoms with E-state index in [1.54, 1.807) is 0 Å². The molecular formula is C55H36N2O. The molecule has 11 aromatic rings. The Bertz CT molecular complexity index is 3260. The molecule has 11 rings (SSSR count). The molecule has 0 unspecified atom stereocenters. The topological polar surface area (TPSA) is 29.3 Å². The normalized spacial score (nSPS) is 11.4. The van der Waals surface area contributed by atoms with Crippen molar-refractivity contribution < 1.29 is 4.42 Å². The number of fused-ring (bicyclic) bond motifs is 6. The van der Waals surface area contributed by atoms with E-state index in [0.29, 0.717) is 5.89 Å². The second kappa shape index (κ2) is 14.1. The second-order valence-electron chi connectivity index (χ2n) is 14.8. The Hall–Kier alpha value is -7.75. The maximum atomic E-state index is 6.40. The van der Waals surface area contributed by atoms with Gasteiger partial charge in [-0.1, -0.05) is 146 Å². The summed E-state index contributed by atoms with van der Waals surface area (Å²) in [6.45, 7) is 0. The van der Waals surface area contributed by atoms with Gasteiger partial charge in [-0.3, -0.25) is 0 Å². The van der Waals surface area contributed by atoms with Gasteiger partial charge in [-0.2, -0.15) is 0 Å². The summed E-state index contributed by atoms with van der Waals surface area (Å²) < 4.78 is 6.40. The molecule has 0 aliphatic carbocycles. The molecule has 0 atom stereocenters. The number of aromatic nitrogens is 1. The molecule has 0 fully saturated rings. The van der Waals surface area contributed by atoms with E-state index in [4.69, 9.17) is 9.40 Å². The van der Waals surface area contributed by atoms with Crippen molar-refractivity contribution in [2.24, 2.45) is 0 Å². The standard InChI is InChI=1S/C55H36N2O/c1-4-11-37(12-5-1)39-23-27-47(28-24-39)57(48-18-10-17-42(34-48)38-13-6-2-7-14-38)49-29-25-44-33-43(21-22-45(44)35-49)46-20-19-40-26-30-51-50(52(40)36-46)31-32-53-54(51)58-55(56-53)41-15-8-3-9-16-41/h1-36H. The van der Waals surface area contributed by atoms with E-state index >= 15 is 0 Å². The van der Waals surface area contributed by atoms with Crippen LogP contribution < -0.4 is 4.90 Å². The third-order valence-corrected chi connectivity index (χ3v) is 11.2. The molecule has 58 heavy (non-hydrogen) atoms. The van der Waals surface area contributed by atoms with Crippen molar-refractivity contribution in [3.63, 3.8) is 0 Å². The number of hydrogen-bond acceptors (Lipinski definition) is 3. The Morgan fingerprint density at radius 3 is 1.59 bits per heavy atom. The lowest BCUT2D eigenvalue weighted by Crippen LogP contribution is -2.10. The van der Waals surface area contributed by atoms with E-state index in [2.05, 4.69) is 193 Å². The van der Waals surface area contributed by atoms with Crippen molar-refractivity contribution >= 4 is 60.5 Å². The first-order valence-electron chi connectivity index (χ1n) is 19.7. The van der Waals surface area contributed by atoms with Gasteiger partial charge in [0.05, 0.1) is 0 Å². The number of benzene rings is 10. The van der Waals surface area contributed by atoms with Gasteiger partial charge in [0.1, 0.15) is 5.52 Å². The van der Waals surface area contributed by atoms with Gasteiger partial charge in [0, 0.05) is 28.0 Å². The van der Waals surface area contributed by atoms with E-state index in [0.717, 1.165) is 44.5 Å². The average molecular weight is 741 g/mol. The quantitative estimate of drug-likeness (QED) is 0.152. The fraction of sp³-hybridized carbons (Fsp3) is 0. The summed E-state index contributed by atoms with van der Waals surface area (Å²) in [5.41, 5.74) is 13.1. The summed E-state index contributed by atoms with van der Waals surface area (Å²) in [6.07, 6.45) is 0. The van der Waals surface area contributed by atoms with Gasteiger partial charge < -0.3 is 9.32 Å². The number of nitrogens with zero attached hydrogens (tertiary/aromatic N) is 2. The first-order valence-corrected chi connectivity index (χ1v) is 19.7. The average Bonchev–Trinajstić information content (AvgIpc) is 3.75. The van der Waals surface area contributed by atoms with Crippen LogP contribution in [0.25, 0.3) is 88.3 Å². The second-order valence-corrected chi connectivity index (χ2v) is 14.8. The predicted molar refractivity (Wildman–Crippen MR) is 243 cm³/mol. The molecule has 0 aliphatic heterocycles. The van der Waals surface area contributed by atoms with Crippen LogP contribution in [0, 0.1) is 0 Å². The Morgan fingerprint density at radius 2 is 0.828 bits per heavy atom. The van der Waals surface area contributed by atoms with Gasteiger partial charge in [0.25, 0.3) is 0 Å². The maximum absolute atomic E-state index is 6.40. The van der Waals surface area contributed by atoms with Gasteiger partial charge in [-0.15, -0.1) is 0 Å². The molecule has 1 heterocycles. The van der Waals surface area contributed by atoms with Crippen molar-refractivity contribution in [2.75, 3.05) is 4.90 Å². The maximum Gasteiger partial charge on any atom is 0.227 e. The molecule has 1 aromatic heterocycles. The molecule has 0 saturated carbocycles. The van der Waals surface area contributed by atoms with Crippen LogP contribution in [0.15, 0.2) is 223 Å². The van der Waals surface area contributed by atoms with Crippen LogP contribution >= 0.6 is 0 Å². The minimum atomic E-state index is 0.640. The minimum Gasteiger partial charge on any atom is -0.435 e. The van der Waals surface area contributed by atoms with Crippen LogP contribution in [0.2, 0.25) is 0 Å². The highest BCUT2D eigenvalue weighted by Gasteiger charge is 2.16. The zero-order valence-corrected chi connectivity index (χ0v) is 31.6. The van der Waals surface area contributed by atoms with E-state index in [1.165, 1.54) is 54.9 Å². The van der Waals surface area contributed by atoms with Gasteiger partial charge in [-0.25, -0.2) is 4.98 Å². The fourth-order valence-electron chi connectivity index (χ4n) is 8.29. The molecule has 0 aliphatic rings. The third-order valence-electron chi connectivity index (χ3n) is 11.2. The van der Waals surface area contributed by atoms with Crippen LogP contribution in [0.5, 0.6) is 0 Å². The zero-order valence-electron chi connectivity index (χ0n) is 31.6. The lowest BCUT2D eigenvalue weighted by Gasteiger charge is -2.26. The SMILES string of the molecule is c1ccc(-c2ccc(N(c3cccc(-c4ccccc4)c3)c3ccc4cc(-c5ccc6ccc7c(ccc8nc(-c9ccccc9)oc87)c6c5)ccc4c3)cc2)cc1. The summed E-state index contributed by atoms with van der Waals surface area (Å²) in [6, 6.07) is 77.9. The van der Waals surface area contributed by atoms with Crippen LogP contribution in [0.1, 0.15) is 0 Å². The summed E-state index contributed by atoms with van der Waals surface area (Å²) in [4.78, 5) is 7.18. The molecule has 0 N–H and O–H groups in total. The fourth-order valence-corrected chi connectivity index (χ4v) is 8.29. The summed E-state index contributed by atoms with van der Waals surface area (Å²) in [5.74, 6) is 0.640. The minimum absolute atomic E-state index is 0.640. The van der Waals surface area contributed by atoms with E-state index < -0.39 is 0 Å². The summed E-state index contributed by atoms with van der Waals surface area (Å²) in [7, 11) is 0. The summed E-state index contributed by atoms with van der Waals surface area (Å²) in [5, 5.41) is 6.97. The van der Waals surface area contributed by atoms with E-state index in [9.17, 15) is 0 Å². The van der Waals surface area contributed by atoms with Crippen LogP contribution in [0.4, 0.5) is 17.1 Å². The molecule has 0 saturated heterocycles. The first kappa shape index (κ1) is 33.6. The largest absolute Gasteiger partial charge is 0.435 e. The lowest BCUT2D eigenvalue weighted by atomic mass is 9.95. The first-order chi connectivity index (χ1) is 28.7. The number of anilines is 3. The van der Waals surface area contributed by atoms with Gasteiger partial charge in [-0.05, 0) is 133 Å². The molecule has 3 heteroatoms. The van der Waals surface area contributed by atoms with Gasteiger partial charge >= 0.3 is 0 Å². The number of hydrogen-bond donors (Lipinski definition) is 0. The van der Waals surface area contributed by atoms with Crippen molar-refractivity contribution in [1.82, 2.24) is 4.98 Å². The molecule has 272 valence electrons. The molecule has 3 nitrogen and oxygen atoms in total. The molecule has 0 radical (unpaired) electrons. The Labute approximate surface area is 336 Å². The zero-order chi connectivity index (χ0) is 38.4. The van der Waals surface area contributed by atoms with Gasteiger partial charge in [0.15, 0.2) is 5.58 Å². The highest BCUT2D eigenvalue weighted by molar-refractivity contribution is 6.16. The highest BCUT2D eigenvalue weighted by Crippen LogP contribution is 2.40. The highest BCUT2D eigenvalue weighted by atomic mass is 16.3. The molecule has 0 spiro atoms. The molecule has 10 aromatic carbocycles. The lowest BCUT2D eigenvalue weighted by molar-refractivity contribution is 0.623. The van der Waals surface area contributed by atoms with Crippen molar-refractivity contribution in [3.8, 4) is 44.8 Å². The Kier molecular flexibility index (Phi) is 8.15. The predicted octanol–water partition coefficient (Wildman–Crippen LogP) is 15.4. The number of oxazole rings is 1. The monoisotopic (exact) mass is 740 g/mol. The van der Waals surface area contributed by atoms with Crippen molar-refractivity contribution in [3.05, 3.63) is 218 Å². The van der Waals surface area contributed by atoms with Crippen LogP contribution in [-0.2, 0) is 0 Å². The molecule has 0 amide bonds.